The van der Waals surface area contributed by atoms with E-state index < -0.39 is 0 Å². The minimum absolute atomic E-state index is 0.149. The van der Waals surface area contributed by atoms with Crippen LogP contribution in [0.2, 0.25) is 0 Å². The molecule has 0 radical (unpaired) electrons. The number of hydrogen-bond acceptors (Lipinski definition) is 3. The highest BCUT2D eigenvalue weighted by Gasteiger charge is 2.15. The Bertz CT molecular complexity index is 495. The van der Waals surface area contributed by atoms with Crippen molar-refractivity contribution in [1.29, 1.82) is 5.26 Å². The zero-order valence-electron chi connectivity index (χ0n) is 14.2. The van der Waals surface area contributed by atoms with Gasteiger partial charge in [-0.1, -0.05) is 32.9 Å². The summed E-state index contributed by atoms with van der Waals surface area (Å²) in [6.07, 6.45) is 0.690. The zero-order chi connectivity index (χ0) is 16.0. The van der Waals surface area contributed by atoms with Crippen LogP contribution in [0.15, 0.2) is 18.2 Å². The number of benzene rings is 1. The molecule has 0 aliphatic carbocycles. The molecule has 1 N–H and O–H groups in total. The van der Waals surface area contributed by atoms with Crippen molar-refractivity contribution in [2.24, 2.45) is 0 Å². The number of aryl methyl sites for hydroxylation is 1. The summed E-state index contributed by atoms with van der Waals surface area (Å²) >= 11 is 0. The quantitative estimate of drug-likeness (QED) is 0.862. The van der Waals surface area contributed by atoms with Gasteiger partial charge in [0, 0.05) is 12.5 Å². The Morgan fingerprint density at radius 2 is 1.95 bits per heavy atom. The van der Waals surface area contributed by atoms with E-state index in [0.29, 0.717) is 19.1 Å². The molecule has 0 saturated carbocycles. The van der Waals surface area contributed by atoms with Gasteiger partial charge in [0.05, 0.1) is 18.7 Å². The maximum Gasteiger partial charge on any atom is 0.122 e. The standard InChI is InChI=1S/C18H28N2O/c1-13(2)20-16(12-19)9-10-21-17-8-7-15(11-14(17)3)18(4,5)6/h7-8,11,13,16,20H,9-10H2,1-6H3. The first-order valence-electron chi connectivity index (χ1n) is 7.63. The van der Waals surface area contributed by atoms with E-state index in [0.717, 1.165) is 11.3 Å². The van der Waals surface area contributed by atoms with Crippen LogP contribution in [0, 0.1) is 18.3 Å². The molecule has 0 heterocycles. The van der Waals surface area contributed by atoms with Crippen molar-refractivity contribution in [3.63, 3.8) is 0 Å². The van der Waals surface area contributed by atoms with Crippen LogP contribution in [0.3, 0.4) is 0 Å². The smallest absolute Gasteiger partial charge is 0.122 e. The number of nitrogens with zero attached hydrogens (tertiary/aromatic N) is 1. The Morgan fingerprint density at radius 3 is 2.43 bits per heavy atom. The number of nitriles is 1. The van der Waals surface area contributed by atoms with Crippen molar-refractivity contribution in [2.75, 3.05) is 6.61 Å². The van der Waals surface area contributed by atoms with Gasteiger partial charge in [-0.2, -0.15) is 5.26 Å². The van der Waals surface area contributed by atoms with Gasteiger partial charge in [0.15, 0.2) is 0 Å². The van der Waals surface area contributed by atoms with Crippen molar-refractivity contribution in [3.8, 4) is 11.8 Å². The number of hydrogen-bond donors (Lipinski definition) is 1. The first-order valence-corrected chi connectivity index (χ1v) is 7.63. The Hall–Kier alpha value is -1.53. The fraction of sp³-hybridized carbons (Fsp3) is 0.611. The molecule has 1 atom stereocenters. The lowest BCUT2D eigenvalue weighted by Crippen LogP contribution is -2.34. The average molecular weight is 288 g/mol. The summed E-state index contributed by atoms with van der Waals surface area (Å²) in [6.45, 7) is 13.3. The van der Waals surface area contributed by atoms with E-state index in [1.165, 1.54) is 5.56 Å². The summed E-state index contributed by atoms with van der Waals surface area (Å²) < 4.78 is 5.83. The molecule has 116 valence electrons. The molecule has 0 fully saturated rings. The SMILES string of the molecule is Cc1cc(C(C)(C)C)ccc1OCCC(C#N)NC(C)C. The molecule has 0 aliphatic heterocycles. The van der Waals surface area contributed by atoms with Gasteiger partial charge in [0.1, 0.15) is 5.75 Å². The molecule has 0 saturated heterocycles. The molecule has 0 aliphatic rings. The first kappa shape index (κ1) is 17.5. The third-order valence-electron chi connectivity index (χ3n) is 3.40. The van der Waals surface area contributed by atoms with E-state index in [2.05, 4.69) is 51.2 Å². The van der Waals surface area contributed by atoms with Crippen LogP contribution >= 0.6 is 0 Å². The van der Waals surface area contributed by atoms with Crippen LogP contribution in [0.1, 0.15) is 52.2 Å². The molecule has 21 heavy (non-hydrogen) atoms. The van der Waals surface area contributed by atoms with Gasteiger partial charge in [0.25, 0.3) is 0 Å². The molecule has 0 spiro atoms. The molecule has 3 nitrogen and oxygen atoms in total. The molecule has 1 unspecified atom stereocenters. The van der Waals surface area contributed by atoms with Gasteiger partial charge in [0.2, 0.25) is 0 Å². The molecule has 1 aromatic carbocycles. The van der Waals surface area contributed by atoms with E-state index in [4.69, 9.17) is 10.00 Å². The van der Waals surface area contributed by atoms with Gasteiger partial charge in [-0.3, -0.25) is 5.32 Å². The molecular formula is C18H28N2O. The van der Waals surface area contributed by atoms with Crippen molar-refractivity contribution in [1.82, 2.24) is 5.32 Å². The Labute approximate surface area is 129 Å². The van der Waals surface area contributed by atoms with Crippen molar-refractivity contribution >= 4 is 0 Å². The highest BCUT2D eigenvalue weighted by atomic mass is 16.5. The van der Waals surface area contributed by atoms with Crippen molar-refractivity contribution in [3.05, 3.63) is 29.3 Å². The first-order chi connectivity index (χ1) is 9.74. The average Bonchev–Trinajstić information content (AvgIpc) is 2.37. The fourth-order valence-electron chi connectivity index (χ4n) is 2.15. The minimum Gasteiger partial charge on any atom is -0.493 e. The maximum absolute atomic E-state index is 9.08. The molecular weight excluding hydrogens is 260 g/mol. The molecule has 0 bridgehead atoms. The second-order valence-corrected chi connectivity index (χ2v) is 6.87. The van der Waals surface area contributed by atoms with Gasteiger partial charge >= 0.3 is 0 Å². The highest BCUT2D eigenvalue weighted by molar-refractivity contribution is 5.38. The molecule has 0 amide bonds. The lowest BCUT2D eigenvalue weighted by atomic mass is 9.86. The predicted octanol–water partition coefficient (Wildman–Crippen LogP) is 3.95. The van der Waals surface area contributed by atoms with Crippen molar-refractivity contribution in [2.45, 2.75) is 65.5 Å². The Morgan fingerprint density at radius 1 is 1.29 bits per heavy atom. The molecule has 1 rings (SSSR count). The lowest BCUT2D eigenvalue weighted by molar-refractivity contribution is 0.292. The Kier molecular flexibility index (Phi) is 6.23. The van der Waals surface area contributed by atoms with Gasteiger partial charge < -0.3 is 4.74 Å². The summed E-state index contributed by atoms with van der Waals surface area (Å²) in [5, 5.41) is 12.3. The van der Waals surface area contributed by atoms with Gasteiger partial charge in [-0.25, -0.2) is 0 Å². The fourth-order valence-corrected chi connectivity index (χ4v) is 2.15. The molecule has 1 aromatic rings. The summed E-state index contributed by atoms with van der Waals surface area (Å²) in [5.74, 6) is 0.907. The maximum atomic E-state index is 9.08. The van der Waals surface area contributed by atoms with Crippen LogP contribution in [0.25, 0.3) is 0 Å². The van der Waals surface area contributed by atoms with Crippen LogP contribution in [0.5, 0.6) is 5.75 Å². The Balaban J connectivity index is 2.59. The van der Waals surface area contributed by atoms with E-state index in [1.807, 2.05) is 19.9 Å². The highest BCUT2D eigenvalue weighted by Crippen LogP contribution is 2.27. The lowest BCUT2D eigenvalue weighted by Gasteiger charge is -2.21. The molecule has 3 heteroatoms. The van der Waals surface area contributed by atoms with Gasteiger partial charge in [-0.15, -0.1) is 0 Å². The van der Waals surface area contributed by atoms with Crippen LogP contribution < -0.4 is 10.1 Å². The number of ether oxygens (including phenoxy) is 1. The van der Waals surface area contributed by atoms with E-state index in [-0.39, 0.29) is 11.5 Å². The van der Waals surface area contributed by atoms with E-state index in [9.17, 15) is 0 Å². The third kappa shape index (κ3) is 5.77. The van der Waals surface area contributed by atoms with E-state index >= 15 is 0 Å². The summed E-state index contributed by atoms with van der Waals surface area (Å²) in [4.78, 5) is 0. The third-order valence-corrected chi connectivity index (χ3v) is 3.40. The monoisotopic (exact) mass is 288 g/mol. The van der Waals surface area contributed by atoms with Crippen LogP contribution in [0.4, 0.5) is 0 Å². The predicted molar refractivity (Wildman–Crippen MR) is 87.7 cm³/mol. The van der Waals surface area contributed by atoms with E-state index in [1.54, 1.807) is 0 Å². The topological polar surface area (TPSA) is 45.0 Å². The zero-order valence-corrected chi connectivity index (χ0v) is 14.2. The van der Waals surface area contributed by atoms with Gasteiger partial charge in [-0.05, 0) is 43.4 Å². The second-order valence-electron chi connectivity index (χ2n) is 6.87. The minimum atomic E-state index is -0.154. The second kappa shape index (κ2) is 7.47. The number of nitrogens with one attached hydrogen (secondary N) is 1. The van der Waals surface area contributed by atoms with Crippen LogP contribution in [-0.2, 0) is 5.41 Å². The summed E-state index contributed by atoms with van der Waals surface area (Å²) in [7, 11) is 0. The summed E-state index contributed by atoms with van der Waals surface area (Å²) in [6, 6.07) is 8.77. The largest absolute Gasteiger partial charge is 0.493 e. The number of rotatable bonds is 6. The van der Waals surface area contributed by atoms with Crippen molar-refractivity contribution < 1.29 is 4.74 Å². The van der Waals surface area contributed by atoms with Crippen LogP contribution in [-0.4, -0.2) is 18.7 Å². The molecule has 0 aromatic heterocycles. The normalized spacial score (nSPS) is 13.0. The summed E-state index contributed by atoms with van der Waals surface area (Å²) in [5.41, 5.74) is 2.60.